The van der Waals surface area contributed by atoms with Crippen LogP contribution in [0.3, 0.4) is 0 Å². The van der Waals surface area contributed by atoms with E-state index in [4.69, 9.17) is 13.7 Å². The van der Waals surface area contributed by atoms with Crippen LogP contribution in [0.4, 0.5) is 0 Å². The lowest BCUT2D eigenvalue weighted by Gasteiger charge is -2.49. The van der Waals surface area contributed by atoms with Crippen molar-refractivity contribution in [1.29, 1.82) is 0 Å². The van der Waals surface area contributed by atoms with E-state index in [9.17, 15) is 22.8 Å². The Kier molecular flexibility index (Phi) is 9.66. The molecule has 4 aromatic rings. The van der Waals surface area contributed by atoms with Gasteiger partial charge in [-0.05, 0) is 47.5 Å². The average Bonchev–Trinajstić information content (AvgIpc) is 3.09. The number of fused-ring (bicyclic) bond motifs is 1. The molecule has 0 bridgehead atoms. The van der Waals surface area contributed by atoms with Gasteiger partial charge in [0.15, 0.2) is 24.2 Å². The van der Waals surface area contributed by atoms with Crippen LogP contribution in [0.15, 0.2) is 136 Å². The molecule has 0 spiro atoms. The molecule has 6 rings (SSSR count). The van der Waals surface area contributed by atoms with E-state index in [2.05, 4.69) is 21.2 Å². The zero-order chi connectivity index (χ0) is 33.0. The molecule has 2 amide bonds. The van der Waals surface area contributed by atoms with Crippen LogP contribution in [0.2, 0.25) is 0 Å². The van der Waals surface area contributed by atoms with Crippen LogP contribution >= 0.6 is 27.7 Å². The fourth-order valence-electron chi connectivity index (χ4n) is 5.05. The summed E-state index contributed by atoms with van der Waals surface area (Å²) >= 11 is 4.43. The number of para-hydroxylation sites is 1. The summed E-state index contributed by atoms with van der Waals surface area (Å²) in [6.45, 7) is -0.328. The van der Waals surface area contributed by atoms with Crippen LogP contribution in [0.25, 0.3) is 0 Å². The molecule has 1 unspecified atom stereocenters. The fraction of sp³-hybridized carbons (Fsp3) is 0.147. The van der Waals surface area contributed by atoms with E-state index < -0.39 is 45.4 Å². The Bertz CT molecular complexity index is 1870. The minimum Gasteiger partial charge on any atom is -0.484 e. The summed E-state index contributed by atoms with van der Waals surface area (Å²) in [4.78, 5) is 41.4. The third-order valence-corrected chi connectivity index (χ3v) is 10.4. The van der Waals surface area contributed by atoms with Crippen LogP contribution < -0.4 is 10.1 Å². The Morgan fingerprint density at radius 3 is 2.04 bits per heavy atom. The molecule has 1 N–H and O–H groups in total. The van der Waals surface area contributed by atoms with Crippen molar-refractivity contribution < 1.29 is 36.5 Å². The van der Waals surface area contributed by atoms with Gasteiger partial charge in [-0.15, -0.1) is 11.8 Å². The Balaban J connectivity index is 1.29. The van der Waals surface area contributed by atoms with E-state index >= 15 is 0 Å². The number of carbonyl (C=O) groups is 3. The number of esters is 1. The van der Waals surface area contributed by atoms with Crippen molar-refractivity contribution in [3.63, 3.8) is 0 Å². The Morgan fingerprint density at radius 2 is 1.45 bits per heavy atom. The number of rotatable bonds is 11. The van der Waals surface area contributed by atoms with Gasteiger partial charge < -0.3 is 19.0 Å². The third-order valence-electron chi connectivity index (χ3n) is 7.30. The highest BCUT2D eigenvalue weighted by atomic mass is 79.9. The highest BCUT2D eigenvalue weighted by Gasteiger charge is 2.55. The Morgan fingerprint density at radius 1 is 0.872 bits per heavy atom. The summed E-state index contributed by atoms with van der Waals surface area (Å²) in [5.74, 6) is -1.98. The van der Waals surface area contributed by atoms with Gasteiger partial charge in [0.25, 0.3) is 11.8 Å². The second-order valence-corrected chi connectivity index (χ2v) is 14.0. The van der Waals surface area contributed by atoms with Gasteiger partial charge in [-0.25, -0.2) is 4.79 Å². The number of amides is 2. The molecule has 0 aromatic heterocycles. The molecular formula is C34H27BrN2O8S2. The Hall–Kier alpha value is -4.59. The van der Waals surface area contributed by atoms with Crippen molar-refractivity contribution in [2.24, 2.45) is 0 Å². The molecule has 2 heterocycles. The van der Waals surface area contributed by atoms with Gasteiger partial charge in [0.1, 0.15) is 22.1 Å². The number of thioether (sulfide) groups is 1. The second-order valence-electron chi connectivity index (χ2n) is 10.4. The minimum absolute atomic E-state index is 0.0944. The SMILES string of the molecule is O=C(COc1ccccc1)NC1C(=O)N2C(C(=O)OC(c3ccccc3)c3ccccc3)=C(OS(=O)(=O)c3ccc(Br)cc3)CS[C@@H]12. The first-order valence-corrected chi connectivity index (χ1v) is 17.6. The molecule has 47 heavy (non-hydrogen) atoms. The number of nitrogens with one attached hydrogen (secondary N) is 1. The maximum atomic E-state index is 14.1. The number of carbonyl (C=O) groups excluding carboxylic acids is 3. The second kappa shape index (κ2) is 14.0. The quantitative estimate of drug-likeness (QED) is 0.126. The number of hydrogen-bond acceptors (Lipinski definition) is 9. The van der Waals surface area contributed by atoms with Crippen molar-refractivity contribution in [1.82, 2.24) is 10.2 Å². The molecule has 10 nitrogen and oxygen atoms in total. The number of halogens is 1. The number of β-lactam (4-membered cyclic amide) rings is 1. The van der Waals surface area contributed by atoms with Gasteiger partial charge in [0, 0.05) is 4.47 Å². The predicted molar refractivity (Wildman–Crippen MR) is 177 cm³/mol. The standard InChI is InChI=1S/C34H27BrN2O8S2/c35-24-16-18-26(19-17-24)47(41,42)45-27-21-46-33-29(36-28(38)20-43-25-14-8-3-9-15-25)32(39)37(33)30(27)34(40)44-31(22-10-4-1-5-11-22)23-12-6-2-7-13-23/h1-19,29,31,33H,20-21H2,(H,36,38)/t29?,33-/m0/s1. The predicted octanol–water partition coefficient (Wildman–Crippen LogP) is 5.18. The fourth-order valence-corrected chi connectivity index (χ4v) is 7.61. The van der Waals surface area contributed by atoms with E-state index in [0.29, 0.717) is 21.3 Å². The summed E-state index contributed by atoms with van der Waals surface area (Å²) in [7, 11) is -4.40. The summed E-state index contributed by atoms with van der Waals surface area (Å²) in [6.07, 6.45) is -0.878. The summed E-state index contributed by atoms with van der Waals surface area (Å²) in [5, 5.41) is 1.95. The molecule has 2 aliphatic rings. The number of nitrogens with zero attached hydrogens (tertiary/aromatic N) is 1. The first-order chi connectivity index (χ1) is 22.7. The van der Waals surface area contributed by atoms with Gasteiger partial charge in [0.2, 0.25) is 0 Å². The number of hydrogen-bond donors (Lipinski definition) is 1. The van der Waals surface area contributed by atoms with E-state index in [1.165, 1.54) is 12.1 Å². The minimum atomic E-state index is -4.40. The van der Waals surface area contributed by atoms with Crippen molar-refractivity contribution in [2.75, 3.05) is 12.4 Å². The molecule has 13 heteroatoms. The van der Waals surface area contributed by atoms with Crippen LogP contribution in [-0.4, -0.2) is 54.9 Å². The molecular weight excluding hydrogens is 708 g/mol. The normalized spacial score (nSPS) is 17.4. The zero-order valence-electron chi connectivity index (χ0n) is 24.5. The molecule has 240 valence electrons. The van der Waals surface area contributed by atoms with E-state index in [1.54, 1.807) is 84.9 Å². The van der Waals surface area contributed by atoms with Crippen molar-refractivity contribution in [2.45, 2.75) is 22.4 Å². The van der Waals surface area contributed by atoms with Gasteiger partial charge in [-0.2, -0.15) is 8.42 Å². The average molecular weight is 736 g/mol. The maximum Gasteiger partial charge on any atom is 0.359 e. The smallest absolute Gasteiger partial charge is 0.359 e. The van der Waals surface area contributed by atoms with Crippen molar-refractivity contribution >= 4 is 55.6 Å². The van der Waals surface area contributed by atoms with Crippen LogP contribution in [-0.2, 0) is 33.4 Å². The highest BCUT2D eigenvalue weighted by Crippen LogP contribution is 2.42. The molecule has 0 saturated carbocycles. The van der Waals surface area contributed by atoms with Crippen LogP contribution in [0, 0.1) is 0 Å². The van der Waals surface area contributed by atoms with Crippen molar-refractivity contribution in [3.05, 3.63) is 142 Å². The maximum absolute atomic E-state index is 14.1. The summed E-state index contributed by atoms with van der Waals surface area (Å²) in [6, 6.07) is 31.6. The first-order valence-electron chi connectivity index (χ1n) is 14.4. The molecule has 2 atom stereocenters. The summed E-state index contributed by atoms with van der Waals surface area (Å²) in [5.41, 5.74) is 0.984. The largest absolute Gasteiger partial charge is 0.484 e. The van der Waals surface area contributed by atoms with E-state index in [0.717, 1.165) is 16.7 Å². The topological polar surface area (TPSA) is 128 Å². The molecule has 0 aliphatic carbocycles. The van der Waals surface area contributed by atoms with E-state index in [1.807, 2.05) is 18.2 Å². The molecule has 1 saturated heterocycles. The van der Waals surface area contributed by atoms with E-state index in [-0.39, 0.29) is 28.7 Å². The Labute approximate surface area is 284 Å². The molecule has 2 aliphatic heterocycles. The lowest BCUT2D eigenvalue weighted by molar-refractivity contribution is -0.155. The highest BCUT2D eigenvalue weighted by molar-refractivity contribution is 9.10. The lowest BCUT2D eigenvalue weighted by atomic mass is 10.0. The van der Waals surface area contributed by atoms with Gasteiger partial charge in [-0.3, -0.25) is 14.5 Å². The first kappa shape index (κ1) is 32.4. The summed E-state index contributed by atoms with van der Waals surface area (Å²) < 4.78 is 44.4. The number of benzene rings is 4. The third kappa shape index (κ3) is 7.22. The van der Waals surface area contributed by atoms with Gasteiger partial charge in [-0.1, -0.05) is 94.8 Å². The van der Waals surface area contributed by atoms with Gasteiger partial charge >= 0.3 is 16.1 Å². The molecule has 4 aromatic carbocycles. The molecule has 0 radical (unpaired) electrons. The van der Waals surface area contributed by atoms with Crippen LogP contribution in [0.5, 0.6) is 5.75 Å². The van der Waals surface area contributed by atoms with Gasteiger partial charge in [0.05, 0.1) is 5.75 Å². The lowest BCUT2D eigenvalue weighted by Crippen LogP contribution is -2.71. The van der Waals surface area contributed by atoms with Crippen LogP contribution in [0.1, 0.15) is 17.2 Å². The monoisotopic (exact) mass is 734 g/mol. The molecule has 1 fully saturated rings. The zero-order valence-corrected chi connectivity index (χ0v) is 27.7. The van der Waals surface area contributed by atoms with Crippen molar-refractivity contribution in [3.8, 4) is 5.75 Å². The number of ether oxygens (including phenoxy) is 2.